The van der Waals surface area contributed by atoms with Gasteiger partial charge < -0.3 is 9.47 Å². The van der Waals surface area contributed by atoms with Gasteiger partial charge in [0.2, 0.25) is 0 Å². The Hall–Kier alpha value is -4.18. The molecule has 2 aliphatic carbocycles. The minimum Gasteiger partial charge on any atom is -0.445 e. The predicted molar refractivity (Wildman–Crippen MR) is 137 cm³/mol. The molecule has 6 rings (SSSR count). The Bertz CT molecular complexity index is 1460. The van der Waals surface area contributed by atoms with Crippen LogP contribution in [0.2, 0.25) is 0 Å². The smallest absolute Gasteiger partial charge is 0.418 e. The molecule has 0 bridgehead atoms. The molecule has 2 unspecified atom stereocenters. The van der Waals surface area contributed by atoms with Gasteiger partial charge in [-0.25, -0.2) is 9.59 Å². The van der Waals surface area contributed by atoms with Crippen molar-refractivity contribution >= 4 is 46.6 Å². The van der Waals surface area contributed by atoms with E-state index in [1.165, 1.54) is 11.1 Å². The molecule has 2 atom stereocenters. The Labute approximate surface area is 203 Å². The lowest BCUT2D eigenvalue weighted by molar-refractivity contribution is 0.224. The summed E-state index contributed by atoms with van der Waals surface area (Å²) < 4.78 is 10.5. The first-order valence-electron chi connectivity index (χ1n) is 11.6. The molecule has 170 valence electrons. The van der Waals surface area contributed by atoms with E-state index in [-0.39, 0.29) is 5.41 Å². The fraction of sp³-hybridized carbons (Fsp3) is 0.161. The summed E-state index contributed by atoms with van der Waals surface area (Å²) in [6, 6.07) is 20.8. The highest BCUT2D eigenvalue weighted by molar-refractivity contribution is 5.99. The molecule has 2 aliphatic rings. The normalized spacial score (nSPS) is 18.0. The minimum absolute atomic E-state index is 0.350. The maximum Gasteiger partial charge on any atom is 0.418 e. The Morgan fingerprint density at radius 1 is 0.657 bits per heavy atom. The third-order valence-electron chi connectivity index (χ3n) is 7.42. The van der Waals surface area contributed by atoms with Crippen LogP contribution in [0.1, 0.15) is 59.4 Å². The highest BCUT2D eigenvalue weighted by Gasteiger charge is 2.32. The minimum atomic E-state index is -0.444. The van der Waals surface area contributed by atoms with Crippen LogP contribution in [0.15, 0.2) is 72.8 Å². The Morgan fingerprint density at radius 3 is 1.54 bits per heavy atom. The third-order valence-corrected chi connectivity index (χ3v) is 7.42. The van der Waals surface area contributed by atoms with Gasteiger partial charge in [0.1, 0.15) is 12.2 Å². The lowest BCUT2D eigenvalue weighted by atomic mass is 9.70. The van der Waals surface area contributed by atoms with Crippen LogP contribution in [0.4, 0.5) is 0 Å². The molecule has 4 heteroatoms. The van der Waals surface area contributed by atoms with E-state index in [0.717, 1.165) is 43.8 Å². The molecule has 0 aliphatic heterocycles. The Morgan fingerprint density at radius 2 is 1.11 bits per heavy atom. The van der Waals surface area contributed by atoms with Crippen molar-refractivity contribution in [1.82, 2.24) is 0 Å². The maximum absolute atomic E-state index is 11.0. The van der Waals surface area contributed by atoms with E-state index in [1.807, 2.05) is 36.4 Å². The monoisotopic (exact) mass is 458 g/mol. The van der Waals surface area contributed by atoms with Crippen molar-refractivity contribution in [3.05, 3.63) is 106 Å². The molecule has 0 heterocycles. The summed E-state index contributed by atoms with van der Waals surface area (Å²) in [6.45, 7) is 7.66. The average Bonchev–Trinajstić information content (AvgIpc) is 2.87. The van der Waals surface area contributed by atoms with Crippen molar-refractivity contribution in [3.8, 4) is 0 Å². The number of ether oxygens (including phenoxy) is 2. The molecule has 0 spiro atoms. The Kier molecular flexibility index (Phi) is 4.85. The fourth-order valence-corrected chi connectivity index (χ4v) is 5.81. The van der Waals surface area contributed by atoms with Gasteiger partial charge in [-0.3, -0.25) is 0 Å². The van der Waals surface area contributed by atoms with Crippen LogP contribution in [0.25, 0.3) is 33.7 Å². The Balaban J connectivity index is 1.58. The number of rotatable bonds is 6. The maximum atomic E-state index is 11.0. The average molecular weight is 459 g/mol. The van der Waals surface area contributed by atoms with Crippen LogP contribution in [0, 0.1) is 0 Å². The van der Waals surface area contributed by atoms with Crippen LogP contribution in [-0.2, 0) is 24.5 Å². The van der Waals surface area contributed by atoms with E-state index in [0.29, 0.717) is 0 Å². The third kappa shape index (κ3) is 3.13. The van der Waals surface area contributed by atoms with Crippen LogP contribution in [0.5, 0.6) is 0 Å². The second kappa shape index (κ2) is 7.95. The summed E-state index contributed by atoms with van der Waals surface area (Å²) in [4.78, 5) is 21.9. The predicted octanol–water partition coefficient (Wildman–Crippen LogP) is 6.62. The summed E-state index contributed by atoms with van der Waals surface area (Å²) in [6.07, 6.45) is 7.07. The van der Waals surface area contributed by atoms with Gasteiger partial charge in [0, 0.05) is 16.5 Å². The lowest BCUT2D eigenvalue weighted by Crippen LogP contribution is -2.23. The summed E-state index contributed by atoms with van der Waals surface area (Å²) >= 11 is 0. The molecule has 4 nitrogen and oxygen atoms in total. The molecule has 4 aromatic rings. The van der Waals surface area contributed by atoms with Gasteiger partial charge in [-0.05, 0) is 56.0 Å². The first-order chi connectivity index (χ1) is 17.0. The molecule has 0 saturated heterocycles. The van der Waals surface area contributed by atoms with Gasteiger partial charge in [-0.2, -0.15) is 0 Å². The summed E-state index contributed by atoms with van der Waals surface area (Å²) in [5, 5.41) is 4.41. The van der Waals surface area contributed by atoms with E-state index in [1.54, 1.807) is 12.9 Å². The largest absolute Gasteiger partial charge is 0.445 e. The summed E-state index contributed by atoms with van der Waals surface area (Å²) in [5.74, 6) is 0. The van der Waals surface area contributed by atoms with Gasteiger partial charge in [-0.1, -0.05) is 86.7 Å². The fourth-order valence-electron chi connectivity index (χ4n) is 5.81. The molecular formula is C31H22O4. The molecule has 0 fully saturated rings. The molecule has 4 aromatic carbocycles. The number of hydrogen-bond donors (Lipinski definition) is 0. The highest BCUT2D eigenvalue weighted by atomic mass is 16.5. The van der Waals surface area contributed by atoms with Crippen molar-refractivity contribution in [2.45, 2.75) is 31.5 Å². The van der Waals surface area contributed by atoms with Gasteiger partial charge in [0.15, 0.2) is 0 Å². The van der Waals surface area contributed by atoms with Crippen molar-refractivity contribution in [3.63, 3.8) is 0 Å². The van der Waals surface area contributed by atoms with Crippen molar-refractivity contribution in [2.24, 2.45) is 0 Å². The van der Waals surface area contributed by atoms with Crippen LogP contribution >= 0.6 is 0 Å². The molecule has 0 aromatic heterocycles. The lowest BCUT2D eigenvalue weighted by Gasteiger charge is -2.33. The van der Waals surface area contributed by atoms with Crippen LogP contribution in [0.3, 0.4) is 0 Å². The number of benzene rings is 4. The van der Waals surface area contributed by atoms with Gasteiger partial charge in [0.05, 0.1) is 0 Å². The molecule has 2 radical (unpaired) electrons. The standard InChI is InChI=1S/C31H22O4/c1-31(2,25-13-9-19-5-3-7-23-27(34-17-32)15-11-21(25)29(19)23)26-14-10-20-6-4-8-24-28(35-18-33)16-12-22(26)30(20)24/h3-16,27-28H,1-2H3. The van der Waals surface area contributed by atoms with Crippen molar-refractivity contribution in [1.29, 1.82) is 0 Å². The first-order valence-corrected chi connectivity index (χ1v) is 11.6. The van der Waals surface area contributed by atoms with Gasteiger partial charge >= 0.3 is 12.9 Å². The zero-order chi connectivity index (χ0) is 24.2. The van der Waals surface area contributed by atoms with Crippen LogP contribution in [-0.4, -0.2) is 12.9 Å². The molecule has 0 N–H and O–H groups in total. The second-order valence-corrected chi connectivity index (χ2v) is 9.53. The molecule has 0 amide bonds. The van der Waals surface area contributed by atoms with Gasteiger partial charge in [0.25, 0.3) is 0 Å². The first kappa shape index (κ1) is 21.4. The molecular weight excluding hydrogens is 436 g/mol. The van der Waals surface area contributed by atoms with Crippen molar-refractivity contribution in [2.75, 3.05) is 0 Å². The highest BCUT2D eigenvalue weighted by Crippen LogP contribution is 2.46. The summed E-state index contributed by atoms with van der Waals surface area (Å²) in [7, 11) is 0. The van der Waals surface area contributed by atoms with Crippen molar-refractivity contribution < 1.29 is 19.1 Å². The zero-order valence-electron chi connectivity index (χ0n) is 19.4. The topological polar surface area (TPSA) is 52.6 Å². The number of carbonyl (C=O) groups excluding carboxylic acids is 2. The number of hydrogen-bond acceptors (Lipinski definition) is 4. The van der Waals surface area contributed by atoms with Gasteiger partial charge in [-0.15, -0.1) is 0 Å². The van der Waals surface area contributed by atoms with Crippen LogP contribution < -0.4 is 0 Å². The van der Waals surface area contributed by atoms with E-state index in [9.17, 15) is 9.59 Å². The van der Waals surface area contributed by atoms with E-state index < -0.39 is 12.2 Å². The SMILES string of the molecule is CC(C)(c1ccc2cccc3c2c1C=CC3O[C]=O)c1ccc2cccc3c2c1C=CC3O[C]=O. The second-order valence-electron chi connectivity index (χ2n) is 9.53. The van der Waals surface area contributed by atoms with E-state index in [2.05, 4.69) is 62.4 Å². The summed E-state index contributed by atoms with van der Waals surface area (Å²) in [5.41, 5.74) is 6.21. The van der Waals surface area contributed by atoms with E-state index >= 15 is 0 Å². The van der Waals surface area contributed by atoms with E-state index in [4.69, 9.17) is 9.47 Å². The molecule has 35 heavy (non-hydrogen) atoms. The quantitative estimate of drug-likeness (QED) is 0.326. The zero-order valence-corrected chi connectivity index (χ0v) is 19.4. The molecule has 0 saturated carbocycles.